The van der Waals surface area contributed by atoms with Gasteiger partial charge in [-0.3, -0.25) is 14.2 Å². The first kappa shape index (κ1) is 27.7. The summed E-state index contributed by atoms with van der Waals surface area (Å²) in [7, 11) is 2.88. The van der Waals surface area contributed by atoms with E-state index in [-0.39, 0.29) is 28.7 Å². The summed E-state index contributed by atoms with van der Waals surface area (Å²) >= 11 is 1.21. The monoisotopic (exact) mass is 571 g/mol. The third kappa shape index (κ3) is 5.46. The number of ether oxygens (including phenoxy) is 3. The van der Waals surface area contributed by atoms with Gasteiger partial charge in [0, 0.05) is 5.69 Å². The van der Waals surface area contributed by atoms with E-state index in [0.29, 0.717) is 44.2 Å². The number of para-hydroxylation sites is 1. The predicted octanol–water partition coefficient (Wildman–Crippen LogP) is 4.00. The minimum absolute atomic E-state index is 0.131. The highest BCUT2D eigenvalue weighted by atomic mass is 32.1. The number of carbonyl (C=O) groups excluding carboxylic acids is 1. The molecular weight excluding hydrogens is 542 g/mol. The van der Waals surface area contributed by atoms with Crippen molar-refractivity contribution >= 4 is 29.0 Å². The van der Waals surface area contributed by atoms with E-state index in [1.165, 1.54) is 25.6 Å². The van der Waals surface area contributed by atoms with Gasteiger partial charge in [0.1, 0.15) is 5.75 Å². The Labute approximate surface area is 240 Å². The second kappa shape index (κ2) is 11.7. The van der Waals surface area contributed by atoms with Crippen LogP contribution in [0.25, 0.3) is 6.08 Å². The standard InChI is InChI=1S/C31H29N3O6S/c1-5-40-22-13-11-20(12-14-22)27-26(29(36)33-21-9-7-6-8-10-21)18(2)32-31-34(27)30(37)25(41-31)17-19-15-23(38-3)28(35)24(16-19)39-4/h6-17,27,35H,5H2,1-4H3,(H,33,36)/t27-/m0/s1. The minimum atomic E-state index is -0.725. The van der Waals surface area contributed by atoms with Crippen molar-refractivity contribution in [2.75, 3.05) is 26.1 Å². The molecule has 1 atom stereocenters. The fourth-order valence-corrected chi connectivity index (χ4v) is 5.76. The average Bonchev–Trinajstić information content (AvgIpc) is 3.28. The average molecular weight is 572 g/mol. The Balaban J connectivity index is 1.67. The second-order valence-electron chi connectivity index (χ2n) is 9.18. The highest BCUT2D eigenvalue weighted by Crippen LogP contribution is 2.37. The molecule has 4 aromatic rings. The van der Waals surface area contributed by atoms with Gasteiger partial charge in [-0.15, -0.1) is 0 Å². The Morgan fingerprint density at radius 2 is 1.73 bits per heavy atom. The van der Waals surface area contributed by atoms with Gasteiger partial charge in [-0.25, -0.2) is 4.99 Å². The van der Waals surface area contributed by atoms with Crippen LogP contribution in [0, 0.1) is 0 Å². The molecule has 0 saturated carbocycles. The molecule has 41 heavy (non-hydrogen) atoms. The molecule has 1 aliphatic rings. The highest BCUT2D eigenvalue weighted by molar-refractivity contribution is 7.07. The number of carbonyl (C=O) groups is 1. The summed E-state index contributed by atoms with van der Waals surface area (Å²) in [5.74, 6) is 0.639. The van der Waals surface area contributed by atoms with Crippen molar-refractivity contribution in [3.05, 3.63) is 109 Å². The fourth-order valence-electron chi connectivity index (χ4n) is 4.71. The number of hydrogen-bond donors (Lipinski definition) is 2. The van der Waals surface area contributed by atoms with Crippen molar-refractivity contribution in [3.63, 3.8) is 0 Å². The van der Waals surface area contributed by atoms with Crippen LogP contribution in [0.4, 0.5) is 5.69 Å². The van der Waals surface area contributed by atoms with Crippen molar-refractivity contribution in [1.82, 2.24) is 4.57 Å². The Kier molecular flexibility index (Phi) is 7.93. The molecule has 1 amide bonds. The van der Waals surface area contributed by atoms with Gasteiger partial charge in [-0.2, -0.15) is 0 Å². The van der Waals surface area contributed by atoms with Crippen molar-refractivity contribution < 1.29 is 24.1 Å². The lowest BCUT2D eigenvalue weighted by atomic mass is 9.95. The van der Waals surface area contributed by atoms with Crippen LogP contribution < -0.4 is 34.4 Å². The molecule has 9 nitrogen and oxygen atoms in total. The van der Waals surface area contributed by atoms with E-state index in [0.717, 1.165) is 5.56 Å². The van der Waals surface area contributed by atoms with E-state index in [2.05, 4.69) is 10.3 Å². The first-order valence-electron chi connectivity index (χ1n) is 12.9. The Morgan fingerprint density at radius 1 is 1.07 bits per heavy atom. The van der Waals surface area contributed by atoms with Crippen molar-refractivity contribution in [2.24, 2.45) is 4.99 Å². The van der Waals surface area contributed by atoms with E-state index < -0.39 is 6.04 Å². The number of fused-ring (bicyclic) bond motifs is 1. The maximum atomic E-state index is 14.0. The van der Waals surface area contributed by atoms with E-state index in [1.54, 1.807) is 41.8 Å². The van der Waals surface area contributed by atoms with Gasteiger partial charge in [0.25, 0.3) is 11.5 Å². The first-order chi connectivity index (χ1) is 19.8. The Bertz CT molecular complexity index is 1780. The normalized spacial score (nSPS) is 14.7. The molecule has 1 aromatic heterocycles. The number of amides is 1. The molecule has 3 aromatic carbocycles. The molecule has 0 saturated heterocycles. The van der Waals surface area contributed by atoms with Gasteiger partial charge in [0.2, 0.25) is 5.75 Å². The molecule has 2 heterocycles. The Morgan fingerprint density at radius 3 is 2.34 bits per heavy atom. The number of methoxy groups -OCH3 is 2. The number of nitrogens with zero attached hydrogens (tertiary/aromatic N) is 2. The molecule has 0 spiro atoms. The second-order valence-corrected chi connectivity index (χ2v) is 10.2. The minimum Gasteiger partial charge on any atom is -0.502 e. The zero-order valence-electron chi connectivity index (χ0n) is 23.0. The number of hydrogen-bond acceptors (Lipinski definition) is 8. The molecule has 210 valence electrons. The number of phenols is 1. The molecule has 1 aliphatic heterocycles. The molecule has 0 bridgehead atoms. The summed E-state index contributed by atoms with van der Waals surface area (Å²) in [5.41, 5.74) is 2.54. The summed E-state index contributed by atoms with van der Waals surface area (Å²) in [4.78, 5) is 32.8. The summed E-state index contributed by atoms with van der Waals surface area (Å²) in [6.45, 7) is 4.20. The number of allylic oxidation sites excluding steroid dienone is 1. The van der Waals surface area contributed by atoms with Gasteiger partial charge in [-0.1, -0.05) is 41.7 Å². The largest absolute Gasteiger partial charge is 0.502 e. The molecule has 0 radical (unpaired) electrons. The topological polar surface area (TPSA) is 111 Å². The number of aromatic nitrogens is 1. The number of phenolic OH excluding ortho intramolecular Hbond substituents is 1. The third-order valence-corrected chi connectivity index (χ3v) is 7.59. The van der Waals surface area contributed by atoms with Gasteiger partial charge in [0.05, 0.1) is 42.7 Å². The maximum absolute atomic E-state index is 14.0. The highest BCUT2D eigenvalue weighted by Gasteiger charge is 2.32. The molecule has 5 rings (SSSR count). The fraction of sp³-hybridized carbons (Fsp3) is 0.194. The van der Waals surface area contributed by atoms with Crippen molar-refractivity contribution in [2.45, 2.75) is 19.9 Å². The first-order valence-corrected chi connectivity index (χ1v) is 13.7. The van der Waals surface area contributed by atoms with Gasteiger partial charge in [0.15, 0.2) is 16.3 Å². The summed E-state index contributed by atoms with van der Waals surface area (Å²) in [5, 5.41) is 13.3. The third-order valence-electron chi connectivity index (χ3n) is 6.60. The van der Waals surface area contributed by atoms with Crippen LogP contribution in [0.15, 0.2) is 87.8 Å². The van der Waals surface area contributed by atoms with E-state index in [4.69, 9.17) is 14.2 Å². The van der Waals surface area contributed by atoms with Gasteiger partial charge < -0.3 is 24.6 Å². The zero-order chi connectivity index (χ0) is 29.1. The Hall–Kier alpha value is -4.83. The van der Waals surface area contributed by atoms with E-state index >= 15 is 0 Å². The number of thiazole rings is 1. The molecular formula is C31H29N3O6S. The summed E-state index contributed by atoms with van der Waals surface area (Å²) in [6.07, 6.45) is 1.69. The smallest absolute Gasteiger partial charge is 0.271 e. The molecule has 2 N–H and O–H groups in total. The van der Waals surface area contributed by atoms with Crippen LogP contribution in [0.1, 0.15) is 31.0 Å². The van der Waals surface area contributed by atoms with Crippen LogP contribution in [-0.2, 0) is 4.79 Å². The number of rotatable bonds is 8. The van der Waals surface area contributed by atoms with Crippen molar-refractivity contribution in [3.8, 4) is 23.0 Å². The number of benzene rings is 3. The lowest BCUT2D eigenvalue weighted by molar-refractivity contribution is -0.113. The zero-order valence-corrected chi connectivity index (χ0v) is 23.8. The lowest BCUT2D eigenvalue weighted by Crippen LogP contribution is -2.40. The lowest BCUT2D eigenvalue weighted by Gasteiger charge is -2.25. The van der Waals surface area contributed by atoms with E-state index in [9.17, 15) is 14.7 Å². The van der Waals surface area contributed by atoms with Gasteiger partial charge >= 0.3 is 0 Å². The maximum Gasteiger partial charge on any atom is 0.271 e. The van der Waals surface area contributed by atoms with Crippen LogP contribution >= 0.6 is 11.3 Å². The summed E-state index contributed by atoms with van der Waals surface area (Å²) in [6, 6.07) is 19.0. The van der Waals surface area contributed by atoms with Crippen LogP contribution in [0.5, 0.6) is 23.0 Å². The quantitative estimate of drug-likeness (QED) is 0.331. The molecule has 0 aliphatic carbocycles. The van der Waals surface area contributed by atoms with Crippen molar-refractivity contribution in [1.29, 1.82) is 0 Å². The predicted molar refractivity (Wildman–Crippen MR) is 158 cm³/mol. The number of aromatic hydroxyl groups is 1. The molecule has 0 unspecified atom stereocenters. The number of nitrogens with one attached hydrogen (secondary N) is 1. The van der Waals surface area contributed by atoms with Crippen LogP contribution in [0.3, 0.4) is 0 Å². The van der Waals surface area contributed by atoms with Gasteiger partial charge in [-0.05, 0) is 67.4 Å². The van der Waals surface area contributed by atoms with Crippen LogP contribution in [-0.4, -0.2) is 36.4 Å². The molecule has 0 fully saturated rings. The SMILES string of the molecule is CCOc1ccc([C@H]2C(C(=O)Nc3ccccc3)=C(C)N=c3sc(=Cc4cc(OC)c(O)c(OC)c4)c(=O)n32)cc1. The number of anilines is 1. The van der Waals surface area contributed by atoms with Crippen LogP contribution in [0.2, 0.25) is 0 Å². The molecule has 10 heteroatoms. The summed E-state index contributed by atoms with van der Waals surface area (Å²) < 4.78 is 18.1. The van der Waals surface area contributed by atoms with E-state index in [1.807, 2.05) is 49.4 Å².